The second kappa shape index (κ2) is 5.19. The molecule has 1 amide bonds. The summed E-state index contributed by atoms with van der Waals surface area (Å²) in [6, 6.07) is 5.70. The maximum absolute atomic E-state index is 11.9. The molecule has 1 aromatic carbocycles. The lowest BCUT2D eigenvalue weighted by Gasteiger charge is -2.02. The Morgan fingerprint density at radius 2 is 2.16 bits per heavy atom. The van der Waals surface area contributed by atoms with Crippen molar-refractivity contribution in [3.8, 4) is 0 Å². The number of H-pyrrole nitrogens is 1. The molecule has 0 bridgehead atoms. The summed E-state index contributed by atoms with van der Waals surface area (Å²) in [5.41, 5.74) is 0.829. The average molecular weight is 325 g/mol. The first-order valence-corrected chi connectivity index (χ1v) is 6.03. The van der Waals surface area contributed by atoms with Gasteiger partial charge in [0, 0.05) is 33.9 Å². The molecule has 0 saturated heterocycles. The van der Waals surface area contributed by atoms with Gasteiger partial charge in [0.25, 0.3) is 11.6 Å². The van der Waals surface area contributed by atoms with Gasteiger partial charge in [-0.3, -0.25) is 20.0 Å². The van der Waals surface area contributed by atoms with Crippen LogP contribution in [0.25, 0.3) is 0 Å². The minimum atomic E-state index is -0.555. The lowest BCUT2D eigenvalue weighted by molar-refractivity contribution is -0.384. The van der Waals surface area contributed by atoms with Crippen LogP contribution in [0.2, 0.25) is 0 Å². The van der Waals surface area contributed by atoms with E-state index in [4.69, 9.17) is 0 Å². The quantitative estimate of drug-likeness (QED) is 0.669. The highest BCUT2D eigenvalue weighted by Gasteiger charge is 2.14. The summed E-state index contributed by atoms with van der Waals surface area (Å²) in [6.45, 7) is 1.80. The number of anilines is 1. The molecule has 2 aromatic rings. The average Bonchev–Trinajstić information content (AvgIpc) is 2.73. The number of nitrogens with zero attached hydrogens (tertiary/aromatic N) is 2. The Morgan fingerprint density at radius 1 is 1.42 bits per heavy atom. The maximum atomic E-state index is 11.9. The second-order valence-corrected chi connectivity index (χ2v) is 4.76. The van der Waals surface area contributed by atoms with Crippen molar-refractivity contribution in [2.75, 3.05) is 5.32 Å². The summed E-state index contributed by atoms with van der Waals surface area (Å²) < 4.78 is 0.463. The van der Waals surface area contributed by atoms with Crippen molar-refractivity contribution >= 4 is 33.3 Å². The molecule has 0 saturated carbocycles. The smallest absolute Gasteiger partial charge is 0.271 e. The highest BCUT2D eigenvalue weighted by atomic mass is 79.9. The standard InChI is InChI=1S/C11H9BrN4O3/c1-6-2-10(15-14-6)13-11(17)7-3-8(12)5-9(4-7)16(18)19/h2-5H,1H3,(H2,13,14,15,17). The van der Waals surface area contributed by atoms with Gasteiger partial charge >= 0.3 is 0 Å². The number of nitro groups is 1. The molecule has 0 aliphatic rings. The third kappa shape index (κ3) is 3.16. The summed E-state index contributed by atoms with van der Waals surface area (Å²) in [5, 5.41) is 19.8. The first kappa shape index (κ1) is 13.2. The highest BCUT2D eigenvalue weighted by Crippen LogP contribution is 2.22. The van der Waals surface area contributed by atoms with E-state index in [1.54, 1.807) is 13.0 Å². The van der Waals surface area contributed by atoms with Gasteiger partial charge in [-0.1, -0.05) is 15.9 Å². The molecule has 0 radical (unpaired) electrons. The molecular weight excluding hydrogens is 316 g/mol. The van der Waals surface area contributed by atoms with E-state index >= 15 is 0 Å². The number of amides is 1. The van der Waals surface area contributed by atoms with Crippen LogP contribution < -0.4 is 5.32 Å². The lowest BCUT2D eigenvalue weighted by Crippen LogP contribution is -2.12. The van der Waals surface area contributed by atoms with Crippen LogP contribution in [0, 0.1) is 17.0 Å². The fourth-order valence-electron chi connectivity index (χ4n) is 1.48. The summed E-state index contributed by atoms with van der Waals surface area (Å²) in [7, 11) is 0. The van der Waals surface area contributed by atoms with Gasteiger partial charge in [-0.25, -0.2) is 0 Å². The Bertz CT molecular complexity index is 653. The largest absolute Gasteiger partial charge is 0.305 e. The zero-order valence-corrected chi connectivity index (χ0v) is 11.4. The van der Waals surface area contributed by atoms with E-state index in [0.29, 0.717) is 10.3 Å². The number of aryl methyl sites for hydroxylation is 1. The molecule has 0 aliphatic heterocycles. The van der Waals surface area contributed by atoms with Gasteiger partial charge in [0.15, 0.2) is 5.82 Å². The highest BCUT2D eigenvalue weighted by molar-refractivity contribution is 9.10. The molecule has 7 nitrogen and oxygen atoms in total. The molecule has 0 unspecified atom stereocenters. The molecule has 1 aromatic heterocycles. The van der Waals surface area contributed by atoms with Crippen LogP contribution in [0.5, 0.6) is 0 Å². The van der Waals surface area contributed by atoms with Gasteiger partial charge in [0.2, 0.25) is 0 Å². The Morgan fingerprint density at radius 3 is 2.74 bits per heavy atom. The first-order chi connectivity index (χ1) is 8.95. The normalized spacial score (nSPS) is 10.2. The predicted molar refractivity (Wildman–Crippen MR) is 72.1 cm³/mol. The summed E-state index contributed by atoms with van der Waals surface area (Å²) in [4.78, 5) is 22.1. The fourth-order valence-corrected chi connectivity index (χ4v) is 1.96. The molecule has 1 heterocycles. The number of hydrogen-bond donors (Lipinski definition) is 2. The molecule has 19 heavy (non-hydrogen) atoms. The number of carbonyl (C=O) groups excluding carboxylic acids is 1. The molecular formula is C11H9BrN4O3. The van der Waals surface area contributed by atoms with Gasteiger partial charge in [-0.05, 0) is 13.0 Å². The molecule has 0 aliphatic carbocycles. The Balaban J connectivity index is 2.26. The van der Waals surface area contributed by atoms with Crippen LogP contribution in [0.3, 0.4) is 0 Å². The third-order valence-corrected chi connectivity index (χ3v) is 2.76. The number of benzene rings is 1. The SMILES string of the molecule is Cc1cc(NC(=O)c2cc(Br)cc([N+](=O)[O-])c2)n[nH]1. The number of nitrogens with one attached hydrogen (secondary N) is 2. The van der Waals surface area contributed by atoms with E-state index in [1.807, 2.05) is 0 Å². The van der Waals surface area contributed by atoms with Crippen LogP contribution in [0.4, 0.5) is 11.5 Å². The molecule has 0 atom stereocenters. The minimum absolute atomic E-state index is 0.155. The predicted octanol–water partition coefficient (Wildman–Crippen LogP) is 2.64. The number of aromatic nitrogens is 2. The van der Waals surface area contributed by atoms with E-state index in [2.05, 4.69) is 31.4 Å². The number of rotatable bonds is 3. The Labute approximate surface area is 116 Å². The molecule has 2 rings (SSSR count). The van der Waals surface area contributed by atoms with Crippen LogP contribution in [0.15, 0.2) is 28.7 Å². The Hall–Kier alpha value is -2.22. The van der Waals surface area contributed by atoms with Crippen molar-refractivity contribution in [2.45, 2.75) is 6.92 Å². The monoisotopic (exact) mass is 324 g/mol. The van der Waals surface area contributed by atoms with E-state index in [1.165, 1.54) is 18.2 Å². The molecule has 2 N–H and O–H groups in total. The lowest BCUT2D eigenvalue weighted by atomic mass is 10.2. The van der Waals surface area contributed by atoms with Crippen LogP contribution in [0.1, 0.15) is 16.1 Å². The van der Waals surface area contributed by atoms with E-state index in [-0.39, 0.29) is 11.3 Å². The molecule has 0 spiro atoms. The van der Waals surface area contributed by atoms with Crippen LogP contribution in [-0.2, 0) is 0 Å². The maximum Gasteiger partial charge on any atom is 0.271 e. The van der Waals surface area contributed by atoms with Crippen molar-refractivity contribution in [3.05, 3.63) is 50.1 Å². The number of carbonyl (C=O) groups is 1. The summed E-state index contributed by atoms with van der Waals surface area (Å²) in [5.74, 6) is -0.0963. The van der Waals surface area contributed by atoms with Gasteiger partial charge < -0.3 is 5.32 Å². The van der Waals surface area contributed by atoms with Crippen molar-refractivity contribution in [1.82, 2.24) is 10.2 Å². The van der Waals surface area contributed by atoms with Gasteiger partial charge in [-0.15, -0.1) is 0 Å². The van der Waals surface area contributed by atoms with E-state index in [9.17, 15) is 14.9 Å². The van der Waals surface area contributed by atoms with Crippen molar-refractivity contribution in [2.24, 2.45) is 0 Å². The topological polar surface area (TPSA) is 101 Å². The fraction of sp³-hybridized carbons (Fsp3) is 0.0909. The number of aromatic amines is 1. The molecule has 98 valence electrons. The first-order valence-electron chi connectivity index (χ1n) is 5.24. The zero-order valence-electron chi connectivity index (χ0n) is 9.81. The zero-order chi connectivity index (χ0) is 14.0. The van der Waals surface area contributed by atoms with Crippen molar-refractivity contribution in [1.29, 1.82) is 0 Å². The second-order valence-electron chi connectivity index (χ2n) is 3.85. The Kier molecular flexibility index (Phi) is 3.61. The van der Waals surface area contributed by atoms with Crippen LogP contribution in [-0.4, -0.2) is 21.0 Å². The molecule has 8 heteroatoms. The summed E-state index contributed by atoms with van der Waals surface area (Å²) >= 11 is 3.13. The van der Waals surface area contributed by atoms with Crippen LogP contribution >= 0.6 is 15.9 Å². The van der Waals surface area contributed by atoms with Gasteiger partial charge in [-0.2, -0.15) is 5.10 Å². The van der Waals surface area contributed by atoms with Gasteiger partial charge in [0.05, 0.1) is 4.92 Å². The van der Waals surface area contributed by atoms with Gasteiger partial charge in [0.1, 0.15) is 0 Å². The van der Waals surface area contributed by atoms with E-state index < -0.39 is 10.8 Å². The van der Waals surface area contributed by atoms with E-state index in [0.717, 1.165) is 5.69 Å². The van der Waals surface area contributed by atoms with Crippen molar-refractivity contribution in [3.63, 3.8) is 0 Å². The van der Waals surface area contributed by atoms with Crippen molar-refractivity contribution < 1.29 is 9.72 Å². The third-order valence-electron chi connectivity index (χ3n) is 2.30. The number of hydrogen-bond acceptors (Lipinski definition) is 4. The number of halogens is 1. The number of non-ortho nitro benzene ring substituents is 1. The summed E-state index contributed by atoms with van der Waals surface area (Å²) in [6.07, 6.45) is 0. The minimum Gasteiger partial charge on any atom is -0.305 e. The molecule has 0 fully saturated rings. The number of nitro benzene ring substituents is 1.